The molecule has 0 bridgehead atoms. The highest BCUT2D eigenvalue weighted by Gasteiger charge is 2.02. The van der Waals surface area contributed by atoms with E-state index in [2.05, 4.69) is 0 Å². The fourth-order valence-electron chi connectivity index (χ4n) is 0.876. The van der Waals surface area contributed by atoms with Gasteiger partial charge in [-0.25, -0.2) is 0 Å². The van der Waals surface area contributed by atoms with Gasteiger partial charge in [-0.15, -0.1) is 0 Å². The van der Waals surface area contributed by atoms with Crippen molar-refractivity contribution in [3.05, 3.63) is 23.8 Å². The van der Waals surface area contributed by atoms with E-state index in [0.717, 1.165) is 0 Å². The Balaban J connectivity index is 3.20. The molecule has 0 aliphatic heterocycles. The minimum absolute atomic E-state index is 0.00620. The quantitative estimate of drug-likeness (QED) is 0.609. The van der Waals surface area contributed by atoms with Crippen LogP contribution < -0.4 is 15.6 Å². The summed E-state index contributed by atoms with van der Waals surface area (Å²) in [4.78, 5) is 10.5. The second-order valence-corrected chi connectivity index (χ2v) is 2.25. The summed E-state index contributed by atoms with van der Waals surface area (Å²) >= 11 is 0. The van der Waals surface area contributed by atoms with E-state index >= 15 is 0 Å². The van der Waals surface area contributed by atoms with E-state index in [1.807, 2.05) is 0 Å². The highest BCUT2D eigenvalue weighted by atomic mass is 16.5. The lowest BCUT2D eigenvalue weighted by atomic mass is 10.2. The summed E-state index contributed by atoms with van der Waals surface area (Å²) in [6.07, 6.45) is 0. The number of hydrogen-bond donors (Lipinski definition) is 1. The molecule has 4 nitrogen and oxygen atoms in total. The Kier molecular flexibility index (Phi) is 2.19. The van der Waals surface area contributed by atoms with E-state index in [9.17, 15) is 9.90 Å². The van der Waals surface area contributed by atoms with Crippen LogP contribution >= 0.6 is 0 Å². The number of anilines is 1. The first-order valence-corrected chi connectivity index (χ1v) is 3.30. The van der Waals surface area contributed by atoms with E-state index in [0.29, 0.717) is 5.69 Å². The van der Waals surface area contributed by atoms with Crippen LogP contribution in [0.15, 0.2) is 18.2 Å². The Labute approximate surface area is 69.6 Å². The number of carbonyl (C=O) groups excluding carboxylic acids is 1. The van der Waals surface area contributed by atoms with Crippen LogP contribution in [0.25, 0.3) is 0 Å². The van der Waals surface area contributed by atoms with Gasteiger partial charge in [0.2, 0.25) is 0 Å². The highest BCUT2D eigenvalue weighted by Crippen LogP contribution is 2.20. The van der Waals surface area contributed by atoms with Crippen LogP contribution in [0, 0.1) is 0 Å². The van der Waals surface area contributed by atoms with Gasteiger partial charge in [-0.3, -0.25) is 0 Å². The zero-order valence-electron chi connectivity index (χ0n) is 6.53. The van der Waals surface area contributed by atoms with E-state index < -0.39 is 5.97 Å². The van der Waals surface area contributed by atoms with Crippen LogP contribution in [0.1, 0.15) is 10.4 Å². The second-order valence-electron chi connectivity index (χ2n) is 2.25. The lowest BCUT2D eigenvalue weighted by Crippen LogP contribution is -2.22. The van der Waals surface area contributed by atoms with Crippen molar-refractivity contribution in [2.45, 2.75) is 0 Å². The topological polar surface area (TPSA) is 75.4 Å². The predicted octanol–water partition coefficient (Wildman–Crippen LogP) is -0.359. The number of nitrogens with two attached hydrogens (primary N) is 1. The Morgan fingerprint density at radius 2 is 2.25 bits per heavy atom. The monoisotopic (exact) mass is 166 g/mol. The molecule has 0 saturated carbocycles. The molecule has 0 spiro atoms. The molecule has 2 N–H and O–H groups in total. The number of methoxy groups -OCH3 is 1. The molecule has 0 aromatic heterocycles. The van der Waals surface area contributed by atoms with Crippen molar-refractivity contribution in [2.75, 3.05) is 12.8 Å². The minimum atomic E-state index is -1.27. The standard InChI is InChI=1S/C8H9NO3/c1-12-7-4-5(9)2-3-6(7)8(10)11/h2-4H,9H2,1H3,(H,10,11)/p-1. The van der Waals surface area contributed by atoms with Gasteiger partial charge >= 0.3 is 0 Å². The first-order valence-electron chi connectivity index (χ1n) is 3.30. The van der Waals surface area contributed by atoms with Crippen molar-refractivity contribution in [1.82, 2.24) is 0 Å². The average molecular weight is 166 g/mol. The number of nitrogen functional groups attached to an aromatic ring is 1. The lowest BCUT2D eigenvalue weighted by molar-refractivity contribution is -0.255. The Bertz CT molecular complexity index is 309. The first-order chi connectivity index (χ1) is 5.65. The van der Waals surface area contributed by atoms with Gasteiger partial charge in [0.05, 0.1) is 13.1 Å². The van der Waals surface area contributed by atoms with E-state index in [-0.39, 0.29) is 11.3 Å². The van der Waals surface area contributed by atoms with Crippen molar-refractivity contribution >= 4 is 11.7 Å². The molecule has 1 rings (SSSR count). The Hall–Kier alpha value is -1.71. The number of ether oxygens (including phenoxy) is 1. The van der Waals surface area contributed by atoms with Gasteiger partial charge in [0.15, 0.2) is 0 Å². The summed E-state index contributed by atoms with van der Waals surface area (Å²) in [5.74, 6) is -1.05. The highest BCUT2D eigenvalue weighted by molar-refractivity contribution is 5.89. The molecule has 12 heavy (non-hydrogen) atoms. The summed E-state index contributed by atoms with van der Waals surface area (Å²) < 4.78 is 4.79. The molecule has 0 amide bonds. The molecule has 0 atom stereocenters. The summed E-state index contributed by atoms with van der Waals surface area (Å²) in [7, 11) is 1.38. The lowest BCUT2D eigenvalue weighted by Gasteiger charge is -2.09. The average Bonchev–Trinajstić information content (AvgIpc) is 2.03. The molecule has 1 aromatic carbocycles. The maximum absolute atomic E-state index is 10.5. The van der Waals surface area contributed by atoms with E-state index in [1.165, 1.54) is 25.3 Å². The fourth-order valence-corrected chi connectivity index (χ4v) is 0.876. The number of benzene rings is 1. The van der Waals surface area contributed by atoms with Crippen molar-refractivity contribution in [3.63, 3.8) is 0 Å². The third-order valence-electron chi connectivity index (χ3n) is 1.45. The molecule has 64 valence electrons. The van der Waals surface area contributed by atoms with Crippen LogP contribution in [-0.2, 0) is 0 Å². The van der Waals surface area contributed by atoms with Gasteiger partial charge in [-0.2, -0.15) is 0 Å². The number of aromatic carboxylic acids is 1. The first kappa shape index (κ1) is 8.39. The maximum Gasteiger partial charge on any atom is 0.129 e. The largest absolute Gasteiger partial charge is 0.545 e. The molecule has 0 fully saturated rings. The molecule has 0 unspecified atom stereocenters. The molecular formula is C8H8NO3-. The number of hydrogen-bond acceptors (Lipinski definition) is 4. The number of carbonyl (C=O) groups is 1. The van der Waals surface area contributed by atoms with Crippen LogP contribution in [-0.4, -0.2) is 13.1 Å². The van der Waals surface area contributed by atoms with Gasteiger partial charge in [0.25, 0.3) is 0 Å². The molecule has 0 saturated heterocycles. The van der Waals surface area contributed by atoms with Crippen molar-refractivity contribution < 1.29 is 14.6 Å². The summed E-state index contributed by atoms with van der Waals surface area (Å²) in [5.41, 5.74) is 5.87. The Morgan fingerprint density at radius 3 is 2.75 bits per heavy atom. The molecule has 1 aromatic rings. The summed E-state index contributed by atoms with van der Waals surface area (Å²) in [6.45, 7) is 0. The van der Waals surface area contributed by atoms with Crippen molar-refractivity contribution in [3.8, 4) is 5.75 Å². The second kappa shape index (κ2) is 3.13. The van der Waals surface area contributed by atoms with Gasteiger partial charge in [0.1, 0.15) is 5.75 Å². The molecule has 0 aliphatic carbocycles. The molecule has 4 heteroatoms. The number of rotatable bonds is 2. The van der Waals surface area contributed by atoms with Gasteiger partial charge in [-0.1, -0.05) is 0 Å². The SMILES string of the molecule is COc1cc(N)ccc1C(=O)[O-]. The minimum Gasteiger partial charge on any atom is -0.545 e. The molecular weight excluding hydrogens is 158 g/mol. The number of carboxylic acids is 1. The summed E-state index contributed by atoms with van der Waals surface area (Å²) in [6, 6.07) is 4.27. The van der Waals surface area contributed by atoms with Crippen LogP contribution in [0.5, 0.6) is 5.75 Å². The smallest absolute Gasteiger partial charge is 0.129 e. The van der Waals surface area contributed by atoms with Crippen LogP contribution in [0.3, 0.4) is 0 Å². The number of carboxylic acid groups (broad SMARTS) is 1. The normalized spacial score (nSPS) is 9.42. The van der Waals surface area contributed by atoms with Crippen LogP contribution in [0.4, 0.5) is 5.69 Å². The van der Waals surface area contributed by atoms with Gasteiger partial charge in [0, 0.05) is 17.3 Å². The molecule has 0 radical (unpaired) electrons. The van der Waals surface area contributed by atoms with E-state index in [4.69, 9.17) is 10.5 Å². The summed E-state index contributed by atoms with van der Waals surface area (Å²) in [5, 5.41) is 10.5. The molecule has 0 heterocycles. The predicted molar refractivity (Wildman–Crippen MR) is 41.7 cm³/mol. The van der Waals surface area contributed by atoms with Crippen molar-refractivity contribution in [1.29, 1.82) is 0 Å². The van der Waals surface area contributed by atoms with Crippen LogP contribution in [0.2, 0.25) is 0 Å². The fraction of sp³-hybridized carbons (Fsp3) is 0.125. The zero-order valence-corrected chi connectivity index (χ0v) is 6.53. The Morgan fingerprint density at radius 1 is 1.58 bits per heavy atom. The van der Waals surface area contributed by atoms with E-state index in [1.54, 1.807) is 0 Å². The maximum atomic E-state index is 10.5. The third kappa shape index (κ3) is 1.47. The molecule has 0 aliphatic rings. The van der Waals surface area contributed by atoms with Gasteiger partial charge in [-0.05, 0) is 12.1 Å². The zero-order chi connectivity index (χ0) is 9.14. The van der Waals surface area contributed by atoms with Crippen molar-refractivity contribution in [2.24, 2.45) is 0 Å². The van der Waals surface area contributed by atoms with Gasteiger partial charge < -0.3 is 20.4 Å². The third-order valence-corrected chi connectivity index (χ3v) is 1.45.